The Hall–Kier alpha value is -1.01. The summed E-state index contributed by atoms with van der Waals surface area (Å²) in [5, 5.41) is 1.28. The van der Waals surface area contributed by atoms with E-state index >= 15 is 0 Å². The maximum atomic E-state index is 11.6. The molecule has 4 rings (SSSR count). The van der Waals surface area contributed by atoms with Crippen molar-refractivity contribution >= 4 is 38.2 Å². The van der Waals surface area contributed by atoms with Crippen LogP contribution in [-0.4, -0.2) is 38.8 Å². The zero-order chi connectivity index (χ0) is 14.4. The Balaban J connectivity index is 1.80. The van der Waals surface area contributed by atoms with Crippen LogP contribution in [0.2, 0.25) is 0 Å². The number of aromatic nitrogens is 2. The molecule has 112 valence electrons. The van der Waals surface area contributed by atoms with Gasteiger partial charge < -0.3 is 4.90 Å². The van der Waals surface area contributed by atoms with Crippen LogP contribution < -0.4 is 4.90 Å². The van der Waals surface area contributed by atoms with Crippen LogP contribution in [0.5, 0.6) is 0 Å². The van der Waals surface area contributed by atoms with Crippen LogP contribution in [0, 0.1) is 5.92 Å². The van der Waals surface area contributed by atoms with Gasteiger partial charge in [-0.2, -0.15) is 0 Å². The molecule has 3 heterocycles. The number of aryl methyl sites for hydroxylation is 1. The van der Waals surface area contributed by atoms with E-state index in [1.54, 1.807) is 6.33 Å². The fourth-order valence-corrected chi connectivity index (χ4v) is 5.75. The highest BCUT2D eigenvalue weighted by molar-refractivity contribution is 7.85. The number of hydrogen-bond acceptors (Lipinski definition) is 5. The number of fused-ring (bicyclic) bond motifs is 3. The summed E-state index contributed by atoms with van der Waals surface area (Å²) in [6, 6.07) is 0. The van der Waals surface area contributed by atoms with Crippen molar-refractivity contribution in [3.8, 4) is 0 Å². The normalized spacial score (nSPS) is 23.5. The lowest BCUT2D eigenvalue weighted by Crippen LogP contribution is -2.38. The highest BCUT2D eigenvalue weighted by atomic mass is 32.2. The Bertz CT molecular complexity index is 702. The fraction of sp³-hybridized carbons (Fsp3) is 0.600. The highest BCUT2D eigenvalue weighted by Crippen LogP contribution is 2.40. The van der Waals surface area contributed by atoms with Gasteiger partial charge in [0.1, 0.15) is 17.0 Å². The topological polar surface area (TPSA) is 46.1 Å². The van der Waals surface area contributed by atoms with E-state index in [1.807, 2.05) is 11.3 Å². The molecule has 0 aromatic carbocycles. The predicted molar refractivity (Wildman–Crippen MR) is 88.7 cm³/mol. The molecule has 2 aromatic heterocycles. The Morgan fingerprint density at radius 3 is 2.95 bits per heavy atom. The largest absolute Gasteiger partial charge is 0.354 e. The quantitative estimate of drug-likeness (QED) is 0.809. The molecule has 0 spiro atoms. The maximum absolute atomic E-state index is 11.6. The highest BCUT2D eigenvalue weighted by Gasteiger charge is 2.26. The molecule has 0 saturated carbocycles. The maximum Gasteiger partial charge on any atom is 0.141 e. The van der Waals surface area contributed by atoms with Crippen LogP contribution in [0.25, 0.3) is 10.2 Å². The molecule has 0 bridgehead atoms. The van der Waals surface area contributed by atoms with Gasteiger partial charge in [0, 0.05) is 40.3 Å². The first-order chi connectivity index (χ1) is 10.2. The van der Waals surface area contributed by atoms with Crippen molar-refractivity contribution in [1.82, 2.24) is 9.97 Å². The minimum atomic E-state index is -0.648. The summed E-state index contributed by atoms with van der Waals surface area (Å²) in [5.41, 5.74) is 1.48. The Labute approximate surface area is 131 Å². The molecule has 1 saturated heterocycles. The van der Waals surface area contributed by atoms with Crippen molar-refractivity contribution in [1.29, 1.82) is 0 Å². The molecule has 2 aliphatic rings. The third-order valence-corrected chi connectivity index (χ3v) is 6.99. The average Bonchev–Trinajstić information content (AvgIpc) is 2.85. The first kappa shape index (κ1) is 13.6. The molecule has 6 heteroatoms. The smallest absolute Gasteiger partial charge is 0.141 e. The van der Waals surface area contributed by atoms with Gasteiger partial charge in [-0.25, -0.2) is 9.97 Å². The van der Waals surface area contributed by atoms with Crippen molar-refractivity contribution in [2.24, 2.45) is 5.92 Å². The predicted octanol–water partition coefficient (Wildman–Crippen LogP) is 2.38. The molecule has 1 atom stereocenters. The van der Waals surface area contributed by atoms with Crippen molar-refractivity contribution in [2.75, 3.05) is 29.5 Å². The van der Waals surface area contributed by atoms with Crippen molar-refractivity contribution in [3.05, 3.63) is 16.8 Å². The minimum Gasteiger partial charge on any atom is -0.354 e. The molecule has 1 aliphatic heterocycles. The zero-order valence-corrected chi connectivity index (χ0v) is 13.8. The molecule has 0 unspecified atom stereocenters. The molecular formula is C15H19N3OS2. The molecule has 0 amide bonds. The van der Waals surface area contributed by atoms with Gasteiger partial charge in [-0.3, -0.25) is 4.21 Å². The minimum absolute atomic E-state index is 0.648. The molecular weight excluding hydrogens is 302 g/mol. The summed E-state index contributed by atoms with van der Waals surface area (Å²) in [4.78, 5) is 14.0. The average molecular weight is 321 g/mol. The monoisotopic (exact) mass is 321 g/mol. The zero-order valence-electron chi connectivity index (χ0n) is 12.2. The van der Waals surface area contributed by atoms with E-state index in [9.17, 15) is 4.21 Å². The molecule has 2 aromatic rings. The first-order valence-electron chi connectivity index (χ1n) is 7.57. The van der Waals surface area contributed by atoms with E-state index in [-0.39, 0.29) is 0 Å². The second kappa shape index (κ2) is 5.32. The number of rotatable bonds is 1. The van der Waals surface area contributed by atoms with Gasteiger partial charge >= 0.3 is 0 Å². The molecule has 1 aliphatic carbocycles. The SMILES string of the molecule is C[C@H]1CCc2c(sc3ncnc(N4CCS(=O)CC4)c23)C1. The van der Waals surface area contributed by atoms with Crippen molar-refractivity contribution < 1.29 is 4.21 Å². The Kier molecular flexibility index (Phi) is 3.46. The lowest BCUT2D eigenvalue weighted by Gasteiger charge is -2.28. The Morgan fingerprint density at radius 2 is 2.14 bits per heavy atom. The van der Waals surface area contributed by atoms with Crippen molar-refractivity contribution in [2.45, 2.75) is 26.2 Å². The number of nitrogens with zero attached hydrogens (tertiary/aromatic N) is 3. The summed E-state index contributed by atoms with van der Waals surface area (Å²) in [5.74, 6) is 3.37. The lowest BCUT2D eigenvalue weighted by atomic mass is 9.89. The summed E-state index contributed by atoms with van der Waals surface area (Å²) in [6.07, 6.45) is 5.28. The molecule has 0 N–H and O–H groups in total. The van der Waals surface area contributed by atoms with Gasteiger partial charge in [0.2, 0.25) is 0 Å². The number of hydrogen-bond donors (Lipinski definition) is 0. The second-order valence-corrected chi connectivity index (χ2v) is 8.84. The molecule has 1 fully saturated rings. The van der Waals surface area contributed by atoms with E-state index in [4.69, 9.17) is 0 Å². The van der Waals surface area contributed by atoms with Gasteiger partial charge in [-0.15, -0.1) is 11.3 Å². The van der Waals surface area contributed by atoms with E-state index in [0.29, 0.717) is 0 Å². The van der Waals surface area contributed by atoms with Crippen LogP contribution in [-0.2, 0) is 23.6 Å². The van der Waals surface area contributed by atoms with Crippen LogP contribution in [0.1, 0.15) is 23.8 Å². The van der Waals surface area contributed by atoms with Crippen LogP contribution in [0.15, 0.2) is 6.33 Å². The molecule has 21 heavy (non-hydrogen) atoms. The standard InChI is InChI=1S/C15H19N3OS2/c1-10-2-3-11-12(8-10)20-15-13(11)14(16-9-17-15)18-4-6-21(19)7-5-18/h9-10H,2-8H2,1H3/t10-/m0/s1. The third-order valence-electron chi connectivity index (χ3n) is 4.55. The fourth-order valence-electron chi connectivity index (χ4n) is 3.35. The van der Waals surface area contributed by atoms with Gasteiger partial charge in [0.15, 0.2) is 0 Å². The third kappa shape index (κ3) is 2.38. The van der Waals surface area contributed by atoms with Gasteiger partial charge in [-0.05, 0) is 30.7 Å². The van der Waals surface area contributed by atoms with E-state index < -0.39 is 10.8 Å². The first-order valence-corrected chi connectivity index (χ1v) is 9.88. The van der Waals surface area contributed by atoms with Gasteiger partial charge in [0.05, 0.1) is 5.39 Å². The molecule has 4 nitrogen and oxygen atoms in total. The summed E-state index contributed by atoms with van der Waals surface area (Å²) in [7, 11) is -0.648. The van der Waals surface area contributed by atoms with Crippen LogP contribution in [0.3, 0.4) is 0 Å². The van der Waals surface area contributed by atoms with Gasteiger partial charge in [0.25, 0.3) is 0 Å². The second-order valence-electron chi connectivity index (χ2n) is 6.06. The molecule has 0 radical (unpaired) electrons. The van der Waals surface area contributed by atoms with E-state index in [1.165, 1.54) is 28.7 Å². The van der Waals surface area contributed by atoms with Crippen LogP contribution >= 0.6 is 11.3 Å². The van der Waals surface area contributed by atoms with Gasteiger partial charge in [-0.1, -0.05) is 6.92 Å². The number of thiophene rings is 1. The Morgan fingerprint density at radius 1 is 1.33 bits per heavy atom. The summed E-state index contributed by atoms with van der Waals surface area (Å²) >= 11 is 1.84. The van der Waals surface area contributed by atoms with E-state index in [0.717, 1.165) is 47.6 Å². The van der Waals surface area contributed by atoms with E-state index in [2.05, 4.69) is 21.8 Å². The lowest BCUT2D eigenvalue weighted by molar-refractivity contribution is 0.509. The number of anilines is 1. The summed E-state index contributed by atoms with van der Waals surface area (Å²) in [6.45, 7) is 4.03. The summed E-state index contributed by atoms with van der Waals surface area (Å²) < 4.78 is 11.6. The van der Waals surface area contributed by atoms with Crippen LogP contribution in [0.4, 0.5) is 5.82 Å². The van der Waals surface area contributed by atoms with Crippen molar-refractivity contribution in [3.63, 3.8) is 0 Å².